The van der Waals surface area contributed by atoms with Crippen LogP contribution in [0.4, 0.5) is 0 Å². The van der Waals surface area contributed by atoms with Crippen LogP contribution in [-0.4, -0.2) is 21.4 Å². The Labute approximate surface area is 284 Å². The van der Waals surface area contributed by atoms with E-state index in [-0.39, 0.29) is 0 Å². The lowest BCUT2D eigenvalue weighted by Gasteiger charge is -2.15. The third kappa shape index (κ3) is 5.26. The monoisotopic (exact) mass is 626 g/mol. The number of aliphatic imine (C=N–C) groups is 2. The number of nitrogens with zero attached hydrogens (tertiary/aromatic N) is 3. The molecule has 4 heteroatoms. The molecule has 0 saturated heterocycles. The van der Waals surface area contributed by atoms with Crippen LogP contribution in [0.3, 0.4) is 0 Å². The molecule has 0 unspecified atom stereocenters. The first-order chi connectivity index (χ1) is 24.3. The van der Waals surface area contributed by atoms with Gasteiger partial charge < -0.3 is 4.98 Å². The molecule has 1 N–H and O–H groups in total. The van der Waals surface area contributed by atoms with Crippen molar-refractivity contribution in [3.8, 4) is 0 Å². The number of fused-ring (bicyclic) bond motifs is 6. The summed E-state index contributed by atoms with van der Waals surface area (Å²) in [6.07, 6.45) is 12.4. The summed E-state index contributed by atoms with van der Waals surface area (Å²) in [6.45, 7) is 0. The van der Waals surface area contributed by atoms with Crippen LogP contribution in [0.2, 0.25) is 0 Å². The average Bonchev–Trinajstić information content (AvgIpc) is 3.94. The Morgan fingerprint density at radius 2 is 0.714 bits per heavy atom. The molecule has 3 aliphatic heterocycles. The number of hydrogen-bond donors (Lipinski definition) is 1. The highest BCUT2D eigenvalue weighted by Crippen LogP contribution is 2.36. The summed E-state index contributed by atoms with van der Waals surface area (Å²) < 4.78 is 0. The highest BCUT2D eigenvalue weighted by molar-refractivity contribution is 6.31. The third-order valence-corrected chi connectivity index (χ3v) is 9.09. The minimum atomic E-state index is 0.888. The van der Waals surface area contributed by atoms with Gasteiger partial charge in [0.25, 0.3) is 0 Å². The second kappa shape index (κ2) is 12.2. The lowest BCUT2D eigenvalue weighted by atomic mass is 9.92. The molecule has 4 aromatic carbocycles. The topological polar surface area (TPSA) is 53.4 Å². The van der Waals surface area contributed by atoms with Gasteiger partial charge in [-0.3, -0.25) is 4.98 Å². The van der Waals surface area contributed by atoms with Gasteiger partial charge in [0.1, 0.15) is 0 Å². The molecule has 0 atom stereocenters. The van der Waals surface area contributed by atoms with Crippen LogP contribution in [0.15, 0.2) is 198 Å². The SMILES string of the molecule is C1=CC2=C(c3ccccc3)c3cncc(c3)C(c3ccccc3)=C3C=CC(=N3)C(c3ccccc3)=c3ccc([nH]3)=C(c3ccccc3)C1=N2. The largest absolute Gasteiger partial charge is 0.354 e. The van der Waals surface area contributed by atoms with E-state index >= 15 is 0 Å². The summed E-state index contributed by atoms with van der Waals surface area (Å²) in [5.74, 6) is 0. The second-order valence-electron chi connectivity index (χ2n) is 12.1. The standard InChI is InChI=1S/C45H30N4/c1-5-13-30(14-6-1)42-34-27-35(29-46-28-34)43(31-15-7-2-8-16-31)37-22-24-39(48-37)45(33-19-11-4-12-20-33)41-26-25-40(49-41)44(32-17-9-3-10-18-32)38-23-21-36(42)47-38/h1-29,49H. The van der Waals surface area contributed by atoms with Crippen molar-refractivity contribution in [1.82, 2.24) is 9.97 Å². The molecule has 230 valence electrons. The first-order valence-corrected chi connectivity index (χ1v) is 16.4. The molecule has 6 aromatic rings. The van der Waals surface area contributed by atoms with E-state index in [9.17, 15) is 0 Å². The van der Waals surface area contributed by atoms with Gasteiger partial charge in [-0.05, 0) is 64.8 Å². The van der Waals surface area contributed by atoms with Gasteiger partial charge in [0, 0.05) is 56.5 Å². The molecule has 4 nitrogen and oxygen atoms in total. The Kier molecular flexibility index (Phi) is 7.10. The molecule has 49 heavy (non-hydrogen) atoms. The number of allylic oxidation sites excluding steroid dienone is 4. The van der Waals surface area contributed by atoms with E-state index in [0.29, 0.717) is 0 Å². The molecule has 9 rings (SSSR count). The molecule has 0 fully saturated rings. The number of hydrogen-bond acceptors (Lipinski definition) is 3. The average molecular weight is 627 g/mol. The number of aromatic amines is 1. The Balaban J connectivity index is 1.43. The molecule has 5 heterocycles. The van der Waals surface area contributed by atoms with Crippen molar-refractivity contribution in [2.45, 2.75) is 0 Å². The van der Waals surface area contributed by atoms with Crippen LogP contribution < -0.4 is 10.7 Å². The van der Waals surface area contributed by atoms with E-state index in [4.69, 9.17) is 15.0 Å². The fourth-order valence-corrected chi connectivity index (χ4v) is 6.91. The Morgan fingerprint density at radius 1 is 0.347 bits per heavy atom. The zero-order valence-electron chi connectivity index (χ0n) is 26.6. The van der Waals surface area contributed by atoms with E-state index in [1.165, 1.54) is 0 Å². The maximum Gasteiger partial charge on any atom is 0.0737 e. The maximum absolute atomic E-state index is 5.36. The molecule has 0 aliphatic carbocycles. The van der Waals surface area contributed by atoms with Crippen LogP contribution in [0.5, 0.6) is 0 Å². The fourth-order valence-electron chi connectivity index (χ4n) is 6.91. The summed E-state index contributed by atoms with van der Waals surface area (Å²) >= 11 is 0. The highest BCUT2D eigenvalue weighted by Gasteiger charge is 2.22. The minimum absolute atomic E-state index is 0.888. The van der Waals surface area contributed by atoms with Crippen molar-refractivity contribution in [2.75, 3.05) is 0 Å². The molecule has 0 radical (unpaired) electrons. The van der Waals surface area contributed by atoms with E-state index in [0.717, 1.165) is 89.2 Å². The first-order valence-electron chi connectivity index (χ1n) is 16.4. The highest BCUT2D eigenvalue weighted by atomic mass is 14.8. The van der Waals surface area contributed by atoms with Crippen molar-refractivity contribution >= 4 is 33.7 Å². The van der Waals surface area contributed by atoms with Crippen LogP contribution in [0.1, 0.15) is 33.4 Å². The van der Waals surface area contributed by atoms with E-state index in [2.05, 4.69) is 145 Å². The van der Waals surface area contributed by atoms with Gasteiger partial charge in [-0.1, -0.05) is 121 Å². The van der Waals surface area contributed by atoms with Gasteiger partial charge in [0.05, 0.1) is 22.8 Å². The maximum atomic E-state index is 5.36. The lowest BCUT2D eigenvalue weighted by Crippen LogP contribution is -2.21. The van der Waals surface area contributed by atoms with Crippen molar-refractivity contribution in [3.63, 3.8) is 0 Å². The van der Waals surface area contributed by atoms with Gasteiger partial charge in [-0.2, -0.15) is 0 Å². The predicted molar refractivity (Wildman–Crippen MR) is 200 cm³/mol. The normalized spacial score (nSPS) is 15.2. The smallest absolute Gasteiger partial charge is 0.0737 e. The van der Waals surface area contributed by atoms with Crippen LogP contribution in [0, 0.1) is 0 Å². The number of rotatable bonds is 4. The Hall–Kier alpha value is -6.65. The minimum Gasteiger partial charge on any atom is -0.354 e. The molecule has 0 amide bonds. The number of nitrogens with one attached hydrogen (secondary N) is 1. The number of pyridine rings is 1. The van der Waals surface area contributed by atoms with Gasteiger partial charge in [-0.25, -0.2) is 9.98 Å². The summed E-state index contributed by atoms with van der Waals surface area (Å²) in [5.41, 5.74) is 14.0. The summed E-state index contributed by atoms with van der Waals surface area (Å²) in [4.78, 5) is 19.4. The molecular formula is C45H30N4. The molecule has 3 aliphatic rings. The van der Waals surface area contributed by atoms with Gasteiger partial charge in [0.2, 0.25) is 0 Å². The van der Waals surface area contributed by atoms with Crippen molar-refractivity contribution in [1.29, 1.82) is 0 Å². The molecular weight excluding hydrogens is 597 g/mol. The number of H-pyrrole nitrogens is 1. The van der Waals surface area contributed by atoms with Crippen LogP contribution in [0.25, 0.3) is 22.3 Å². The number of aromatic nitrogens is 2. The zero-order chi connectivity index (χ0) is 32.6. The Morgan fingerprint density at radius 3 is 1.10 bits per heavy atom. The Bertz CT molecular complexity index is 2370. The van der Waals surface area contributed by atoms with E-state index in [1.807, 2.05) is 36.7 Å². The van der Waals surface area contributed by atoms with Crippen LogP contribution in [-0.2, 0) is 0 Å². The molecule has 0 spiro atoms. The summed E-state index contributed by atoms with van der Waals surface area (Å²) in [6, 6.07) is 48.5. The second-order valence-corrected chi connectivity index (χ2v) is 12.1. The molecule has 2 aromatic heterocycles. The molecule has 0 saturated carbocycles. The quantitative estimate of drug-likeness (QED) is 0.212. The predicted octanol–water partition coefficient (Wildman–Crippen LogP) is 8.06. The van der Waals surface area contributed by atoms with Gasteiger partial charge in [-0.15, -0.1) is 0 Å². The fraction of sp³-hybridized carbons (Fsp3) is 0. The van der Waals surface area contributed by atoms with E-state index in [1.54, 1.807) is 0 Å². The van der Waals surface area contributed by atoms with Crippen LogP contribution >= 0.6 is 0 Å². The van der Waals surface area contributed by atoms with E-state index < -0.39 is 0 Å². The summed E-state index contributed by atoms with van der Waals surface area (Å²) in [7, 11) is 0. The van der Waals surface area contributed by atoms with Gasteiger partial charge >= 0.3 is 0 Å². The summed E-state index contributed by atoms with van der Waals surface area (Å²) in [5, 5.41) is 1.97. The van der Waals surface area contributed by atoms with Crippen molar-refractivity contribution in [3.05, 3.63) is 232 Å². The zero-order valence-corrected chi connectivity index (χ0v) is 26.6. The third-order valence-electron chi connectivity index (χ3n) is 9.09. The number of benzene rings is 4. The first kappa shape index (κ1) is 28.6. The van der Waals surface area contributed by atoms with Crippen molar-refractivity contribution < 1.29 is 0 Å². The van der Waals surface area contributed by atoms with Gasteiger partial charge in [0.15, 0.2) is 0 Å². The lowest BCUT2D eigenvalue weighted by molar-refractivity contribution is 1.25. The molecule has 8 bridgehead atoms. The van der Waals surface area contributed by atoms with Crippen molar-refractivity contribution in [2.24, 2.45) is 9.98 Å².